The highest BCUT2D eigenvalue weighted by Crippen LogP contribution is 2.48. The Hall–Kier alpha value is -0.900. The normalized spacial score (nSPS) is 45.0. The molecule has 112 valence electrons. The number of amides is 2. The summed E-state index contributed by atoms with van der Waals surface area (Å²) < 4.78 is 0. The molecule has 2 saturated carbocycles. The average molecular weight is 278 g/mol. The van der Waals surface area contributed by atoms with Gasteiger partial charge in [0.15, 0.2) is 0 Å². The lowest BCUT2D eigenvalue weighted by atomic mass is 9.75. The smallest absolute Gasteiger partial charge is 0.233 e. The molecule has 0 aromatic rings. The van der Waals surface area contributed by atoms with E-state index in [0.717, 1.165) is 32.1 Å². The number of hydrogen-bond donors (Lipinski definition) is 1. The topological polar surface area (TPSA) is 63.4 Å². The highest BCUT2D eigenvalue weighted by molar-refractivity contribution is 6.06. The third-order valence-electron chi connectivity index (χ3n) is 5.80. The number of carbonyl (C=O) groups is 2. The van der Waals surface area contributed by atoms with Gasteiger partial charge in [-0.2, -0.15) is 0 Å². The van der Waals surface area contributed by atoms with Crippen LogP contribution in [0.2, 0.25) is 0 Å². The molecule has 1 aliphatic heterocycles. The van der Waals surface area contributed by atoms with Gasteiger partial charge < -0.3 is 5.73 Å². The summed E-state index contributed by atoms with van der Waals surface area (Å²) in [5, 5.41) is 0. The zero-order valence-corrected chi connectivity index (χ0v) is 12.6. The van der Waals surface area contributed by atoms with E-state index in [1.807, 2.05) is 0 Å². The minimum atomic E-state index is -0.389. The maximum atomic E-state index is 12.8. The second-order valence-electron chi connectivity index (χ2n) is 7.43. The van der Waals surface area contributed by atoms with Crippen LogP contribution < -0.4 is 5.73 Å². The molecule has 0 spiro atoms. The van der Waals surface area contributed by atoms with Gasteiger partial charge in [-0.15, -0.1) is 0 Å². The van der Waals surface area contributed by atoms with Crippen molar-refractivity contribution >= 4 is 11.8 Å². The van der Waals surface area contributed by atoms with E-state index in [-0.39, 0.29) is 29.2 Å². The van der Waals surface area contributed by atoms with Crippen LogP contribution in [0.3, 0.4) is 0 Å². The predicted octanol–water partition coefficient (Wildman–Crippen LogP) is 1.93. The molecule has 3 rings (SSSR count). The molecule has 0 aromatic carbocycles. The van der Waals surface area contributed by atoms with Gasteiger partial charge in [-0.05, 0) is 37.5 Å². The molecular weight excluding hydrogens is 252 g/mol. The molecule has 20 heavy (non-hydrogen) atoms. The number of carbonyl (C=O) groups excluding carboxylic acids is 2. The first-order chi connectivity index (χ1) is 9.48. The summed E-state index contributed by atoms with van der Waals surface area (Å²) in [7, 11) is 0. The molecule has 4 atom stereocenters. The van der Waals surface area contributed by atoms with Crippen molar-refractivity contribution in [3.8, 4) is 0 Å². The number of imide groups is 1. The molecule has 2 amide bonds. The minimum Gasteiger partial charge on any atom is -0.328 e. The van der Waals surface area contributed by atoms with Crippen molar-refractivity contribution < 1.29 is 9.59 Å². The predicted molar refractivity (Wildman–Crippen MR) is 76.6 cm³/mol. The highest BCUT2D eigenvalue weighted by atomic mass is 16.2. The van der Waals surface area contributed by atoms with Gasteiger partial charge in [0.05, 0.1) is 17.4 Å². The van der Waals surface area contributed by atoms with E-state index in [9.17, 15) is 9.59 Å². The van der Waals surface area contributed by atoms with Crippen molar-refractivity contribution in [2.75, 3.05) is 6.54 Å². The second-order valence-corrected chi connectivity index (χ2v) is 7.43. The first-order valence-corrected chi connectivity index (χ1v) is 8.06. The van der Waals surface area contributed by atoms with Crippen LogP contribution in [0.5, 0.6) is 0 Å². The van der Waals surface area contributed by atoms with Crippen LogP contribution in [0.4, 0.5) is 0 Å². The lowest BCUT2D eigenvalue weighted by molar-refractivity contribution is -0.149. The molecule has 2 N–H and O–H groups in total. The fourth-order valence-corrected chi connectivity index (χ4v) is 4.86. The molecule has 4 nitrogen and oxygen atoms in total. The Labute approximate surface area is 121 Å². The molecule has 3 fully saturated rings. The summed E-state index contributed by atoms with van der Waals surface area (Å²) >= 11 is 0. The Bertz CT molecular complexity index is 412. The van der Waals surface area contributed by atoms with E-state index in [0.29, 0.717) is 18.4 Å². The maximum absolute atomic E-state index is 12.8. The number of fused-ring (bicyclic) bond motifs is 1. The van der Waals surface area contributed by atoms with E-state index in [2.05, 4.69) is 13.8 Å². The summed E-state index contributed by atoms with van der Waals surface area (Å²) in [4.78, 5) is 27.1. The third-order valence-corrected chi connectivity index (χ3v) is 5.80. The molecule has 0 radical (unpaired) electrons. The van der Waals surface area contributed by atoms with Gasteiger partial charge in [0.1, 0.15) is 0 Å². The van der Waals surface area contributed by atoms with Crippen LogP contribution in [0.25, 0.3) is 0 Å². The highest BCUT2D eigenvalue weighted by Gasteiger charge is 2.57. The molecule has 3 aliphatic rings. The van der Waals surface area contributed by atoms with Gasteiger partial charge in [0.2, 0.25) is 11.8 Å². The van der Waals surface area contributed by atoms with Crippen LogP contribution in [-0.4, -0.2) is 28.8 Å². The third kappa shape index (κ3) is 1.92. The number of likely N-dealkylation sites (tertiary alicyclic amines) is 1. The van der Waals surface area contributed by atoms with Gasteiger partial charge >= 0.3 is 0 Å². The minimum absolute atomic E-state index is 0.0573. The Kier molecular flexibility index (Phi) is 3.39. The van der Waals surface area contributed by atoms with Gasteiger partial charge in [0, 0.05) is 6.54 Å². The Morgan fingerprint density at radius 1 is 1.15 bits per heavy atom. The van der Waals surface area contributed by atoms with E-state index in [4.69, 9.17) is 5.73 Å². The molecule has 4 heteroatoms. The first-order valence-electron chi connectivity index (χ1n) is 8.06. The summed E-state index contributed by atoms with van der Waals surface area (Å²) in [5.74, 6) is 1.08. The van der Waals surface area contributed by atoms with Gasteiger partial charge in [-0.25, -0.2) is 0 Å². The lowest BCUT2D eigenvalue weighted by Gasteiger charge is -2.45. The summed E-state index contributed by atoms with van der Waals surface area (Å²) in [6.45, 7) is 4.77. The Morgan fingerprint density at radius 2 is 1.75 bits per heavy atom. The summed E-state index contributed by atoms with van der Waals surface area (Å²) in [6, 6.07) is 0. The van der Waals surface area contributed by atoms with Gasteiger partial charge in [-0.3, -0.25) is 14.5 Å². The second kappa shape index (κ2) is 4.83. The van der Waals surface area contributed by atoms with Crippen LogP contribution in [0.1, 0.15) is 52.4 Å². The van der Waals surface area contributed by atoms with Gasteiger partial charge in [0.25, 0.3) is 0 Å². The van der Waals surface area contributed by atoms with E-state index in [1.54, 1.807) is 4.90 Å². The zero-order chi connectivity index (χ0) is 14.5. The molecular formula is C16H26N2O2. The van der Waals surface area contributed by atoms with Crippen molar-refractivity contribution in [3.63, 3.8) is 0 Å². The van der Waals surface area contributed by atoms with E-state index in [1.165, 1.54) is 6.42 Å². The maximum Gasteiger partial charge on any atom is 0.233 e. The van der Waals surface area contributed by atoms with Crippen LogP contribution in [-0.2, 0) is 9.59 Å². The summed E-state index contributed by atoms with van der Waals surface area (Å²) in [5.41, 5.74) is 5.65. The van der Waals surface area contributed by atoms with E-state index >= 15 is 0 Å². The quantitative estimate of drug-likeness (QED) is 0.785. The van der Waals surface area contributed by atoms with Crippen molar-refractivity contribution in [2.24, 2.45) is 29.4 Å². The average Bonchev–Trinajstić information content (AvgIpc) is 2.89. The zero-order valence-electron chi connectivity index (χ0n) is 12.6. The lowest BCUT2D eigenvalue weighted by Crippen LogP contribution is -2.59. The fourth-order valence-electron chi connectivity index (χ4n) is 4.86. The molecule has 4 unspecified atom stereocenters. The fraction of sp³-hybridized carbons (Fsp3) is 0.875. The number of nitrogens with two attached hydrogens (primary N) is 1. The monoisotopic (exact) mass is 278 g/mol. The van der Waals surface area contributed by atoms with Crippen molar-refractivity contribution in [1.29, 1.82) is 0 Å². The largest absolute Gasteiger partial charge is 0.328 e. The van der Waals surface area contributed by atoms with Crippen LogP contribution in [0.15, 0.2) is 0 Å². The molecule has 0 bridgehead atoms. The first kappa shape index (κ1) is 14.1. The summed E-state index contributed by atoms with van der Waals surface area (Å²) in [6.07, 6.45) is 5.78. The number of hydrogen-bond acceptors (Lipinski definition) is 3. The number of rotatable bonds is 2. The number of nitrogens with zero attached hydrogens (tertiary/aromatic N) is 1. The van der Waals surface area contributed by atoms with Crippen molar-refractivity contribution in [2.45, 2.75) is 57.9 Å². The van der Waals surface area contributed by atoms with Crippen molar-refractivity contribution in [1.82, 2.24) is 4.90 Å². The Balaban J connectivity index is 1.90. The van der Waals surface area contributed by atoms with Crippen LogP contribution >= 0.6 is 0 Å². The molecule has 2 aliphatic carbocycles. The SMILES string of the molecule is CC1CC2C(=O)N(C3(CN)CCCC(C)C3)C(=O)C2C1. The standard InChI is InChI=1S/C16H26N2O2/c1-10-4-3-5-16(8-10,9-17)18-14(19)12-6-11(2)7-13(12)15(18)20/h10-13H,3-9,17H2,1-2H3. The van der Waals surface area contributed by atoms with E-state index < -0.39 is 0 Å². The van der Waals surface area contributed by atoms with Crippen molar-refractivity contribution in [3.05, 3.63) is 0 Å². The van der Waals surface area contributed by atoms with Crippen LogP contribution in [0, 0.1) is 23.7 Å². The van der Waals surface area contributed by atoms with Gasteiger partial charge in [-0.1, -0.05) is 26.7 Å². The molecule has 0 aromatic heterocycles. The molecule has 1 saturated heterocycles. The Morgan fingerprint density at radius 3 is 2.25 bits per heavy atom. The molecule has 1 heterocycles.